The Morgan fingerprint density at radius 2 is 0.905 bits per heavy atom. The zero-order valence-corrected chi connectivity index (χ0v) is 37.3. The molecule has 0 aromatic heterocycles. The van der Waals surface area contributed by atoms with Gasteiger partial charge < -0.3 is 4.74 Å². The van der Waals surface area contributed by atoms with Crippen LogP contribution in [0.1, 0.15) is 64.6 Å². The molecular weight excluding hydrogens is 761 g/mol. The average molecular weight is 817 g/mol. The minimum absolute atomic E-state index is 0.558. The Kier molecular flexibility index (Phi) is 13.3. The lowest BCUT2D eigenvalue weighted by Crippen LogP contribution is -1.87. The maximum atomic E-state index is 5.15. The van der Waals surface area contributed by atoms with Gasteiger partial charge in [-0.05, 0) is 132 Å². The highest BCUT2D eigenvalue weighted by molar-refractivity contribution is 6.02. The van der Waals surface area contributed by atoms with Crippen LogP contribution in [0, 0.1) is 20.8 Å². The maximum Gasteiger partial charge on any atom is 0.119 e. The monoisotopic (exact) mass is 816 g/mol. The fourth-order valence-electron chi connectivity index (χ4n) is 8.94. The molecule has 0 N–H and O–H groups in total. The number of fused-ring (bicyclic) bond motifs is 8. The molecule has 1 heteroatoms. The van der Waals surface area contributed by atoms with Gasteiger partial charge in [-0.2, -0.15) is 0 Å². The molecule has 63 heavy (non-hydrogen) atoms. The van der Waals surface area contributed by atoms with Crippen LogP contribution in [0.15, 0.2) is 212 Å². The summed E-state index contributed by atoms with van der Waals surface area (Å²) in [7, 11) is 1.69. The third-order valence-corrected chi connectivity index (χ3v) is 12.4. The van der Waals surface area contributed by atoms with Crippen LogP contribution in [0.25, 0.3) is 60.3 Å². The maximum absolute atomic E-state index is 5.15. The molecule has 0 heterocycles. The number of aryl methyl sites for hydroxylation is 3. The molecule has 0 saturated heterocycles. The Labute approximate surface area is 374 Å². The van der Waals surface area contributed by atoms with E-state index < -0.39 is 0 Å². The largest absolute Gasteiger partial charge is 0.497 e. The molecule has 0 aliphatic heterocycles. The predicted octanol–water partition coefficient (Wildman–Crippen LogP) is 17.2. The molecule has 0 spiro atoms. The zero-order chi connectivity index (χ0) is 43.7. The van der Waals surface area contributed by atoms with Crippen molar-refractivity contribution in [2.75, 3.05) is 7.11 Å². The van der Waals surface area contributed by atoms with E-state index in [0.29, 0.717) is 11.8 Å². The van der Waals surface area contributed by atoms with Crippen molar-refractivity contribution in [1.29, 1.82) is 0 Å². The number of hydrogen-bond donors (Lipinski definition) is 0. The van der Waals surface area contributed by atoms with Gasteiger partial charge in [-0.25, -0.2) is 0 Å². The van der Waals surface area contributed by atoms with Crippen LogP contribution in [0.3, 0.4) is 0 Å². The Morgan fingerprint density at radius 1 is 0.397 bits per heavy atom. The zero-order valence-electron chi connectivity index (χ0n) is 37.3. The van der Waals surface area contributed by atoms with Crippen molar-refractivity contribution in [3.63, 3.8) is 0 Å². The first-order valence-corrected chi connectivity index (χ1v) is 22.1. The average Bonchev–Trinajstić information content (AvgIpc) is 3.86. The van der Waals surface area contributed by atoms with E-state index in [1.54, 1.807) is 7.11 Å². The number of allylic oxidation sites excluding steroid dienone is 1. The summed E-state index contributed by atoms with van der Waals surface area (Å²) < 4.78 is 5.15. The van der Waals surface area contributed by atoms with Gasteiger partial charge in [-0.3, -0.25) is 0 Å². The highest BCUT2D eigenvalue weighted by atomic mass is 16.5. The van der Waals surface area contributed by atoms with Crippen molar-refractivity contribution in [2.45, 2.75) is 46.5 Å². The first-order valence-electron chi connectivity index (χ1n) is 22.1. The first kappa shape index (κ1) is 42.5. The Balaban J connectivity index is 0.000000109. The minimum Gasteiger partial charge on any atom is -0.497 e. The lowest BCUT2D eigenvalue weighted by Gasteiger charge is -2.06. The van der Waals surface area contributed by atoms with E-state index in [4.69, 9.17) is 4.74 Å². The molecule has 1 unspecified atom stereocenters. The molecule has 2 aliphatic rings. The molecule has 0 amide bonds. The fourth-order valence-corrected chi connectivity index (χ4v) is 8.94. The van der Waals surface area contributed by atoms with Crippen molar-refractivity contribution in [3.05, 3.63) is 251 Å². The summed E-state index contributed by atoms with van der Waals surface area (Å²) in [6.45, 7) is 10.9. The number of ether oxygens (including phenoxy) is 1. The molecule has 310 valence electrons. The number of hydrogen-bond acceptors (Lipinski definition) is 1. The molecule has 0 radical (unpaired) electrons. The quantitative estimate of drug-likeness (QED) is 0.150. The smallest absolute Gasteiger partial charge is 0.119 e. The summed E-state index contributed by atoms with van der Waals surface area (Å²) in [6, 6.07) is 72.7. The molecule has 1 atom stereocenters. The summed E-state index contributed by atoms with van der Waals surface area (Å²) >= 11 is 0. The number of benzene rings is 10. The van der Waals surface area contributed by atoms with Crippen molar-refractivity contribution < 1.29 is 4.74 Å². The van der Waals surface area contributed by atoms with Crippen molar-refractivity contribution in [2.24, 2.45) is 0 Å². The summed E-state index contributed by atoms with van der Waals surface area (Å²) in [5.41, 5.74) is 12.6. The van der Waals surface area contributed by atoms with E-state index in [1.165, 1.54) is 93.2 Å². The van der Waals surface area contributed by atoms with Gasteiger partial charge in [0.15, 0.2) is 0 Å². The third kappa shape index (κ3) is 9.65. The second kappa shape index (κ2) is 19.7. The van der Waals surface area contributed by atoms with E-state index in [0.717, 1.165) is 5.75 Å². The van der Waals surface area contributed by atoms with Gasteiger partial charge in [0.05, 0.1) is 7.11 Å². The van der Waals surface area contributed by atoms with E-state index in [1.807, 2.05) is 6.07 Å². The Morgan fingerprint density at radius 3 is 1.52 bits per heavy atom. The molecule has 12 rings (SSSR count). The lowest BCUT2D eigenvalue weighted by molar-refractivity contribution is 0.415. The summed E-state index contributed by atoms with van der Waals surface area (Å²) in [4.78, 5) is 0. The fraction of sp³-hybridized carbons (Fsp3) is 0.129. The van der Waals surface area contributed by atoms with Gasteiger partial charge in [-0.1, -0.05) is 220 Å². The normalized spacial score (nSPS) is 13.0. The molecule has 1 nitrogen and oxygen atoms in total. The van der Waals surface area contributed by atoms with Crippen molar-refractivity contribution >= 4 is 49.2 Å². The minimum atomic E-state index is 0.558. The SMILES string of the molecule is CC1C=Cc2ccccc21.CC1c2ccccc2-c2ccccc21.COc1ccc2cc(C)ccc2c1.Cc1c2ccccc2cc2ccccc12.Cc1cccc2ccccc12. The lowest BCUT2D eigenvalue weighted by atomic mass is 9.98. The second-order valence-corrected chi connectivity index (χ2v) is 16.6. The van der Waals surface area contributed by atoms with E-state index >= 15 is 0 Å². The summed E-state index contributed by atoms with van der Waals surface area (Å²) in [5.74, 6) is 2.09. The van der Waals surface area contributed by atoms with E-state index in [-0.39, 0.29) is 0 Å². The molecule has 10 aromatic carbocycles. The van der Waals surface area contributed by atoms with Crippen LogP contribution < -0.4 is 4.74 Å². The molecular formula is C62H56O. The van der Waals surface area contributed by atoms with Crippen molar-refractivity contribution in [1.82, 2.24) is 0 Å². The van der Waals surface area contributed by atoms with E-state index in [9.17, 15) is 0 Å². The molecule has 0 saturated carbocycles. The van der Waals surface area contributed by atoms with Gasteiger partial charge in [0.25, 0.3) is 0 Å². The highest BCUT2D eigenvalue weighted by Crippen LogP contribution is 2.44. The van der Waals surface area contributed by atoms with Crippen LogP contribution in [0.5, 0.6) is 5.75 Å². The third-order valence-electron chi connectivity index (χ3n) is 12.4. The first-order chi connectivity index (χ1) is 30.8. The summed E-state index contributed by atoms with van der Waals surface area (Å²) in [6.07, 6.45) is 4.44. The van der Waals surface area contributed by atoms with Crippen LogP contribution in [-0.2, 0) is 0 Å². The molecule has 0 bridgehead atoms. The van der Waals surface area contributed by atoms with Crippen LogP contribution in [-0.4, -0.2) is 7.11 Å². The molecule has 10 aromatic rings. The summed E-state index contributed by atoms with van der Waals surface area (Å²) in [5, 5.41) is 10.5. The van der Waals surface area contributed by atoms with Crippen LogP contribution in [0.4, 0.5) is 0 Å². The number of methoxy groups -OCH3 is 1. The van der Waals surface area contributed by atoms with Gasteiger partial charge >= 0.3 is 0 Å². The van der Waals surface area contributed by atoms with Gasteiger partial charge in [-0.15, -0.1) is 0 Å². The van der Waals surface area contributed by atoms with Gasteiger partial charge in [0.2, 0.25) is 0 Å². The van der Waals surface area contributed by atoms with Crippen LogP contribution >= 0.6 is 0 Å². The Bertz CT molecular complexity index is 3080. The Hall–Kier alpha value is -7.22. The highest BCUT2D eigenvalue weighted by Gasteiger charge is 2.23. The van der Waals surface area contributed by atoms with E-state index in [2.05, 4.69) is 247 Å². The molecule has 2 aliphatic carbocycles. The van der Waals surface area contributed by atoms with Crippen molar-refractivity contribution in [3.8, 4) is 16.9 Å². The molecule has 0 fully saturated rings. The van der Waals surface area contributed by atoms with Crippen LogP contribution in [0.2, 0.25) is 0 Å². The van der Waals surface area contributed by atoms with Gasteiger partial charge in [0, 0.05) is 5.92 Å². The van der Waals surface area contributed by atoms with Gasteiger partial charge in [0.1, 0.15) is 5.75 Å². The number of rotatable bonds is 1. The standard InChI is InChI=1S/C15H12.C14H12.C12H12O.C11H10.C10H10/c1-11-14-8-4-2-6-12(14)10-13-7-3-5-9-15(11)13;1-10-11-6-2-4-8-13(11)14-9-5-3-7-12(10)14;1-9-3-4-11-8-12(13-2)6-5-10(11)7-9;1-9-5-4-7-10-6-2-3-8-11(9)10;1-8-6-7-9-4-2-3-5-10(8)9/h2-10H,1H3;2-10H,1H3;3-8H,1-2H3;2-8H,1H3;2-8H,1H3. The second-order valence-electron chi connectivity index (χ2n) is 16.6. The topological polar surface area (TPSA) is 9.23 Å². The predicted molar refractivity (Wildman–Crippen MR) is 273 cm³/mol.